The van der Waals surface area contributed by atoms with E-state index in [4.69, 9.17) is 4.74 Å². The Bertz CT molecular complexity index is 372. The van der Waals surface area contributed by atoms with Gasteiger partial charge in [0.25, 0.3) is 0 Å². The van der Waals surface area contributed by atoms with Crippen LogP contribution in [0.3, 0.4) is 0 Å². The highest BCUT2D eigenvalue weighted by Gasteiger charge is 2.20. The van der Waals surface area contributed by atoms with Gasteiger partial charge in [0.05, 0.1) is 18.6 Å². The summed E-state index contributed by atoms with van der Waals surface area (Å²) in [5.74, 6) is 1.37. The van der Waals surface area contributed by atoms with E-state index in [9.17, 15) is 5.11 Å². The van der Waals surface area contributed by atoms with E-state index in [0.717, 1.165) is 10.6 Å². The maximum Gasteiger partial charge on any atom is 0.132 e. The zero-order valence-electron chi connectivity index (χ0n) is 11.3. The predicted molar refractivity (Wildman–Crippen MR) is 74.1 cm³/mol. The average Bonchev–Trinajstić information content (AvgIpc) is 2.28. The number of methoxy groups -OCH3 is 1. The zero-order chi connectivity index (χ0) is 13.1. The maximum absolute atomic E-state index is 9.34. The topological polar surface area (TPSA) is 29.5 Å². The summed E-state index contributed by atoms with van der Waals surface area (Å²) >= 11 is 1.65. The Morgan fingerprint density at radius 1 is 1.35 bits per heavy atom. The maximum atomic E-state index is 9.34. The van der Waals surface area contributed by atoms with Crippen LogP contribution in [0.5, 0.6) is 5.75 Å². The molecule has 0 bridgehead atoms. The van der Waals surface area contributed by atoms with Crippen molar-refractivity contribution in [3.05, 3.63) is 23.8 Å². The highest BCUT2D eigenvalue weighted by atomic mass is 32.2. The zero-order valence-corrected chi connectivity index (χ0v) is 12.1. The molecule has 1 N–H and O–H groups in total. The SMILES string of the molecule is COc1ccc(C(C)C)cc1SC(C)(C)CO. The molecule has 0 saturated carbocycles. The van der Waals surface area contributed by atoms with Crippen molar-refractivity contribution < 1.29 is 9.84 Å². The molecule has 0 atom stereocenters. The highest BCUT2D eigenvalue weighted by molar-refractivity contribution is 8.00. The van der Waals surface area contributed by atoms with Gasteiger partial charge in [0.15, 0.2) is 0 Å². The number of hydrogen-bond donors (Lipinski definition) is 1. The van der Waals surface area contributed by atoms with E-state index in [1.807, 2.05) is 19.9 Å². The molecule has 0 amide bonds. The molecule has 3 heteroatoms. The van der Waals surface area contributed by atoms with E-state index in [1.165, 1.54) is 5.56 Å². The summed E-state index contributed by atoms with van der Waals surface area (Å²) in [5, 5.41) is 9.34. The molecule has 0 aliphatic heterocycles. The van der Waals surface area contributed by atoms with Crippen LogP contribution in [-0.4, -0.2) is 23.6 Å². The monoisotopic (exact) mass is 254 g/mol. The van der Waals surface area contributed by atoms with Gasteiger partial charge in [0.2, 0.25) is 0 Å². The third kappa shape index (κ3) is 3.93. The van der Waals surface area contributed by atoms with Crippen LogP contribution in [0.1, 0.15) is 39.2 Å². The van der Waals surface area contributed by atoms with Crippen LogP contribution >= 0.6 is 11.8 Å². The molecule has 1 rings (SSSR count). The second-order valence-electron chi connectivity index (χ2n) is 5.08. The largest absolute Gasteiger partial charge is 0.496 e. The summed E-state index contributed by atoms with van der Waals surface area (Å²) in [7, 11) is 1.68. The Labute approximate surface area is 108 Å². The van der Waals surface area contributed by atoms with Crippen molar-refractivity contribution in [3.8, 4) is 5.75 Å². The van der Waals surface area contributed by atoms with Crippen LogP contribution < -0.4 is 4.74 Å². The lowest BCUT2D eigenvalue weighted by molar-refractivity contribution is 0.265. The van der Waals surface area contributed by atoms with Crippen molar-refractivity contribution in [2.45, 2.75) is 43.3 Å². The number of rotatable bonds is 5. The van der Waals surface area contributed by atoms with Crippen molar-refractivity contribution in [2.75, 3.05) is 13.7 Å². The predicted octanol–water partition coefficient (Wildman–Crippen LogP) is 3.68. The molecule has 0 heterocycles. The standard InChI is InChI=1S/C14H22O2S/c1-10(2)11-6-7-12(16-5)13(8-11)17-14(3,4)9-15/h6-8,10,15H,9H2,1-5H3. The molecule has 0 fully saturated rings. The quantitative estimate of drug-likeness (QED) is 0.813. The molecule has 0 aliphatic rings. The Morgan fingerprint density at radius 3 is 2.47 bits per heavy atom. The molecule has 17 heavy (non-hydrogen) atoms. The molecule has 0 unspecified atom stereocenters. The number of thioether (sulfide) groups is 1. The molecule has 96 valence electrons. The fourth-order valence-electron chi connectivity index (χ4n) is 1.46. The number of aliphatic hydroxyl groups excluding tert-OH is 1. The molecule has 2 nitrogen and oxygen atoms in total. The van der Waals surface area contributed by atoms with Gasteiger partial charge in [-0.2, -0.15) is 0 Å². The average molecular weight is 254 g/mol. The van der Waals surface area contributed by atoms with Gasteiger partial charge in [-0.05, 0) is 37.5 Å². The van der Waals surface area contributed by atoms with Crippen LogP contribution in [0.15, 0.2) is 23.1 Å². The summed E-state index contributed by atoms with van der Waals surface area (Å²) in [6.07, 6.45) is 0. The lowest BCUT2D eigenvalue weighted by Gasteiger charge is -2.23. The highest BCUT2D eigenvalue weighted by Crippen LogP contribution is 2.39. The number of benzene rings is 1. The summed E-state index contributed by atoms with van der Waals surface area (Å²) < 4.78 is 5.18. The second-order valence-corrected chi connectivity index (χ2v) is 6.83. The van der Waals surface area contributed by atoms with Gasteiger partial charge in [-0.3, -0.25) is 0 Å². The first-order valence-electron chi connectivity index (χ1n) is 5.87. The lowest BCUT2D eigenvalue weighted by atomic mass is 10.0. The van der Waals surface area contributed by atoms with E-state index in [-0.39, 0.29) is 11.4 Å². The minimum atomic E-state index is -0.192. The normalized spacial score (nSPS) is 11.9. The van der Waals surface area contributed by atoms with Crippen LogP contribution in [0.25, 0.3) is 0 Å². The third-order valence-electron chi connectivity index (χ3n) is 2.62. The van der Waals surface area contributed by atoms with Gasteiger partial charge >= 0.3 is 0 Å². The molecule has 1 aromatic carbocycles. The Balaban J connectivity index is 3.06. The van der Waals surface area contributed by atoms with E-state index in [1.54, 1.807) is 18.9 Å². The molecule has 0 saturated heterocycles. The molecular formula is C14H22O2S. The third-order valence-corrected chi connectivity index (χ3v) is 3.84. The second kappa shape index (κ2) is 5.78. The number of aliphatic hydroxyl groups is 1. The van der Waals surface area contributed by atoms with E-state index < -0.39 is 0 Å². The van der Waals surface area contributed by atoms with Crippen LogP contribution in [0.4, 0.5) is 0 Å². The van der Waals surface area contributed by atoms with Crippen molar-refractivity contribution in [1.82, 2.24) is 0 Å². The lowest BCUT2D eigenvalue weighted by Crippen LogP contribution is -2.19. The Morgan fingerprint density at radius 2 is 2.00 bits per heavy atom. The van der Waals surface area contributed by atoms with Crippen molar-refractivity contribution in [3.63, 3.8) is 0 Å². The molecule has 0 aliphatic carbocycles. The minimum absolute atomic E-state index is 0.146. The first-order valence-corrected chi connectivity index (χ1v) is 6.69. The van der Waals surface area contributed by atoms with Crippen molar-refractivity contribution in [1.29, 1.82) is 0 Å². The smallest absolute Gasteiger partial charge is 0.132 e. The van der Waals surface area contributed by atoms with Gasteiger partial charge in [0.1, 0.15) is 5.75 Å². The van der Waals surface area contributed by atoms with Gasteiger partial charge in [-0.25, -0.2) is 0 Å². The van der Waals surface area contributed by atoms with Crippen molar-refractivity contribution in [2.24, 2.45) is 0 Å². The van der Waals surface area contributed by atoms with Crippen LogP contribution in [0.2, 0.25) is 0 Å². The van der Waals surface area contributed by atoms with Gasteiger partial charge in [-0.15, -0.1) is 11.8 Å². The van der Waals surface area contributed by atoms with Gasteiger partial charge < -0.3 is 9.84 Å². The van der Waals surface area contributed by atoms with E-state index >= 15 is 0 Å². The van der Waals surface area contributed by atoms with Gasteiger partial charge in [-0.1, -0.05) is 19.9 Å². The van der Waals surface area contributed by atoms with E-state index in [0.29, 0.717) is 5.92 Å². The Kier molecular flexibility index (Phi) is 4.90. The summed E-state index contributed by atoms with van der Waals surface area (Å²) in [5.41, 5.74) is 1.29. The van der Waals surface area contributed by atoms with Crippen molar-refractivity contribution >= 4 is 11.8 Å². The molecule has 1 aromatic rings. The number of ether oxygens (including phenoxy) is 1. The first-order chi connectivity index (χ1) is 7.89. The molecular weight excluding hydrogens is 232 g/mol. The summed E-state index contributed by atoms with van der Waals surface area (Å²) in [6, 6.07) is 6.26. The molecule has 0 aromatic heterocycles. The minimum Gasteiger partial charge on any atom is -0.496 e. The fraction of sp³-hybridized carbons (Fsp3) is 0.571. The molecule has 0 spiro atoms. The first kappa shape index (κ1) is 14.4. The molecule has 0 radical (unpaired) electrons. The number of hydrogen-bond acceptors (Lipinski definition) is 3. The van der Waals surface area contributed by atoms with Crippen LogP contribution in [-0.2, 0) is 0 Å². The summed E-state index contributed by atoms with van der Waals surface area (Å²) in [4.78, 5) is 1.10. The van der Waals surface area contributed by atoms with Crippen LogP contribution in [0, 0.1) is 0 Å². The van der Waals surface area contributed by atoms with E-state index in [2.05, 4.69) is 26.0 Å². The fourth-order valence-corrected chi connectivity index (χ4v) is 2.57. The Hall–Kier alpha value is -0.670. The van der Waals surface area contributed by atoms with Gasteiger partial charge in [0, 0.05) is 4.75 Å². The summed E-state index contributed by atoms with van der Waals surface area (Å²) in [6.45, 7) is 8.55.